The van der Waals surface area contributed by atoms with Gasteiger partial charge in [-0.2, -0.15) is 0 Å². The number of hydrogen-bond acceptors (Lipinski definition) is 0. The van der Waals surface area contributed by atoms with Crippen molar-refractivity contribution in [1.82, 2.24) is 4.57 Å². The molecule has 0 unspecified atom stereocenters. The van der Waals surface area contributed by atoms with Crippen LogP contribution in [0.4, 0.5) is 0 Å². The van der Waals surface area contributed by atoms with Crippen LogP contribution in [0.15, 0.2) is 140 Å². The molecule has 42 heavy (non-hydrogen) atoms. The molecule has 7 aromatic rings. The molecule has 7 rings (SSSR count). The van der Waals surface area contributed by atoms with Crippen LogP contribution in [0.1, 0.15) is 31.9 Å². The largest absolute Gasteiger partial charge is 0.309 e. The summed E-state index contributed by atoms with van der Waals surface area (Å²) in [5.41, 5.74) is 13.8. The van der Waals surface area contributed by atoms with Crippen molar-refractivity contribution < 1.29 is 0 Å². The quantitative estimate of drug-likeness (QED) is 0.209. The van der Waals surface area contributed by atoms with Gasteiger partial charge in [0, 0.05) is 16.5 Å². The van der Waals surface area contributed by atoms with Crippen molar-refractivity contribution in [3.8, 4) is 39.1 Å². The fourth-order valence-corrected chi connectivity index (χ4v) is 6.18. The van der Waals surface area contributed by atoms with Crippen LogP contribution in [0.2, 0.25) is 0 Å². The van der Waals surface area contributed by atoms with Crippen LogP contribution in [0, 0.1) is 6.92 Å². The molecule has 0 N–H and O–H groups in total. The molecule has 0 aliphatic rings. The Balaban J connectivity index is 1.34. The fraction of sp³-hybridized carbons (Fsp3) is 0.122. The Hall–Kier alpha value is -4.88. The van der Waals surface area contributed by atoms with Gasteiger partial charge >= 0.3 is 0 Å². The molecule has 204 valence electrons. The summed E-state index contributed by atoms with van der Waals surface area (Å²) in [5, 5.41) is 2.60. The normalized spacial score (nSPS) is 11.8. The smallest absolute Gasteiger partial charge is 0.0541 e. The summed E-state index contributed by atoms with van der Waals surface area (Å²) in [7, 11) is 0. The van der Waals surface area contributed by atoms with Gasteiger partial charge < -0.3 is 4.57 Å². The minimum Gasteiger partial charge on any atom is -0.309 e. The van der Waals surface area contributed by atoms with Crippen LogP contribution in [-0.2, 0) is 5.41 Å². The molecule has 0 amide bonds. The van der Waals surface area contributed by atoms with E-state index in [1.54, 1.807) is 0 Å². The van der Waals surface area contributed by atoms with Gasteiger partial charge in [0.05, 0.1) is 11.0 Å². The molecular formula is C41H35N. The molecule has 0 saturated carbocycles. The van der Waals surface area contributed by atoms with E-state index in [0.29, 0.717) is 0 Å². The molecule has 1 heterocycles. The van der Waals surface area contributed by atoms with Crippen molar-refractivity contribution >= 4 is 21.8 Å². The van der Waals surface area contributed by atoms with Crippen LogP contribution in [0.3, 0.4) is 0 Å². The maximum absolute atomic E-state index is 2.40. The Bertz CT molecular complexity index is 2050. The Morgan fingerprint density at radius 2 is 0.952 bits per heavy atom. The summed E-state index contributed by atoms with van der Waals surface area (Å²) in [6.07, 6.45) is 0. The highest BCUT2D eigenvalue weighted by Crippen LogP contribution is 2.39. The monoisotopic (exact) mass is 541 g/mol. The molecule has 0 bridgehead atoms. The Morgan fingerprint density at radius 3 is 1.55 bits per heavy atom. The lowest BCUT2D eigenvalue weighted by molar-refractivity contribution is 0.591. The third-order valence-electron chi connectivity index (χ3n) is 8.48. The lowest BCUT2D eigenvalue weighted by atomic mass is 9.86. The van der Waals surface area contributed by atoms with Crippen LogP contribution >= 0.6 is 0 Å². The molecule has 0 atom stereocenters. The Kier molecular flexibility index (Phi) is 6.32. The maximum Gasteiger partial charge on any atom is 0.0541 e. The van der Waals surface area contributed by atoms with Gasteiger partial charge in [-0.05, 0) is 81.6 Å². The summed E-state index contributed by atoms with van der Waals surface area (Å²) in [6.45, 7) is 8.98. The van der Waals surface area contributed by atoms with Crippen molar-refractivity contribution in [3.63, 3.8) is 0 Å². The van der Waals surface area contributed by atoms with Gasteiger partial charge in [-0.3, -0.25) is 0 Å². The zero-order valence-electron chi connectivity index (χ0n) is 24.7. The SMILES string of the molecule is Cc1ccc(-c2ccccc2-c2ccccc2-c2ccc(-n3c4ccccc4c4cc(C(C)(C)C)ccc43)cc2)cc1. The van der Waals surface area contributed by atoms with E-state index in [-0.39, 0.29) is 5.41 Å². The topological polar surface area (TPSA) is 4.93 Å². The number of benzene rings is 6. The summed E-state index contributed by atoms with van der Waals surface area (Å²) in [5.74, 6) is 0. The summed E-state index contributed by atoms with van der Waals surface area (Å²) in [4.78, 5) is 0. The third kappa shape index (κ3) is 4.52. The van der Waals surface area contributed by atoms with Gasteiger partial charge in [0.25, 0.3) is 0 Å². The van der Waals surface area contributed by atoms with E-state index < -0.39 is 0 Å². The zero-order valence-corrected chi connectivity index (χ0v) is 24.7. The average molecular weight is 542 g/mol. The van der Waals surface area contributed by atoms with Crippen molar-refractivity contribution in [3.05, 3.63) is 151 Å². The molecular weight excluding hydrogens is 506 g/mol. The molecule has 0 fully saturated rings. The van der Waals surface area contributed by atoms with E-state index in [4.69, 9.17) is 0 Å². The average Bonchev–Trinajstić information content (AvgIpc) is 3.35. The van der Waals surface area contributed by atoms with Gasteiger partial charge in [-0.1, -0.05) is 136 Å². The predicted octanol–water partition coefficient (Wildman–Crippen LogP) is 11.4. The zero-order chi connectivity index (χ0) is 28.8. The van der Waals surface area contributed by atoms with Crippen LogP contribution in [0.25, 0.3) is 60.9 Å². The van der Waals surface area contributed by atoms with Crippen molar-refractivity contribution in [2.75, 3.05) is 0 Å². The molecule has 0 radical (unpaired) electrons. The number of aryl methyl sites for hydroxylation is 1. The second kappa shape index (κ2) is 10.2. The van der Waals surface area contributed by atoms with Gasteiger partial charge in [0.15, 0.2) is 0 Å². The first-order chi connectivity index (χ1) is 20.4. The molecule has 1 aromatic heterocycles. The third-order valence-corrected chi connectivity index (χ3v) is 8.48. The molecule has 1 heteroatoms. The van der Waals surface area contributed by atoms with Gasteiger partial charge in [-0.15, -0.1) is 0 Å². The number of rotatable bonds is 4. The van der Waals surface area contributed by atoms with Gasteiger partial charge in [0.1, 0.15) is 0 Å². The van der Waals surface area contributed by atoms with Gasteiger partial charge in [-0.25, -0.2) is 0 Å². The number of nitrogens with zero attached hydrogens (tertiary/aromatic N) is 1. The standard InChI is InChI=1S/C41H35N/c1-28-17-19-29(20-18-28)33-11-5-7-13-35(33)36-14-8-6-12-34(36)30-21-24-32(25-22-30)42-39-16-10-9-15-37(39)38-27-31(41(2,3)4)23-26-40(38)42/h5-27H,1-4H3. The number of fused-ring (bicyclic) bond motifs is 3. The van der Waals surface area contributed by atoms with Gasteiger partial charge in [0.2, 0.25) is 0 Å². The summed E-state index contributed by atoms with van der Waals surface area (Å²) in [6, 6.07) is 51.1. The molecule has 6 aromatic carbocycles. The van der Waals surface area contributed by atoms with Crippen LogP contribution in [-0.4, -0.2) is 4.57 Å². The van der Waals surface area contributed by atoms with E-state index in [1.165, 1.54) is 72.0 Å². The Morgan fingerprint density at radius 1 is 0.452 bits per heavy atom. The van der Waals surface area contributed by atoms with Crippen molar-refractivity contribution in [2.45, 2.75) is 33.1 Å². The highest BCUT2D eigenvalue weighted by Gasteiger charge is 2.18. The van der Waals surface area contributed by atoms with E-state index in [9.17, 15) is 0 Å². The van der Waals surface area contributed by atoms with E-state index in [1.807, 2.05) is 0 Å². The lowest BCUT2D eigenvalue weighted by Gasteiger charge is -2.19. The summed E-state index contributed by atoms with van der Waals surface area (Å²) >= 11 is 0. The molecule has 1 nitrogen and oxygen atoms in total. The molecule has 0 saturated heterocycles. The van der Waals surface area contributed by atoms with E-state index >= 15 is 0 Å². The van der Waals surface area contributed by atoms with Crippen LogP contribution < -0.4 is 0 Å². The second-order valence-electron chi connectivity index (χ2n) is 12.3. The van der Waals surface area contributed by atoms with Crippen molar-refractivity contribution in [1.29, 1.82) is 0 Å². The number of hydrogen-bond donors (Lipinski definition) is 0. The minimum absolute atomic E-state index is 0.102. The van der Waals surface area contributed by atoms with E-state index in [2.05, 4.69) is 172 Å². The highest BCUT2D eigenvalue weighted by molar-refractivity contribution is 6.09. The first-order valence-electron chi connectivity index (χ1n) is 14.8. The molecule has 0 aliphatic heterocycles. The number of aromatic nitrogens is 1. The second-order valence-corrected chi connectivity index (χ2v) is 12.3. The maximum atomic E-state index is 2.40. The lowest BCUT2D eigenvalue weighted by Crippen LogP contribution is -2.10. The van der Waals surface area contributed by atoms with E-state index in [0.717, 1.165) is 0 Å². The predicted molar refractivity (Wildman–Crippen MR) is 181 cm³/mol. The highest BCUT2D eigenvalue weighted by atomic mass is 15.0. The van der Waals surface area contributed by atoms with Crippen LogP contribution in [0.5, 0.6) is 0 Å². The first kappa shape index (κ1) is 26.0. The Labute approximate surface area is 248 Å². The molecule has 0 spiro atoms. The fourth-order valence-electron chi connectivity index (χ4n) is 6.18. The molecule has 0 aliphatic carbocycles. The summed E-state index contributed by atoms with van der Waals surface area (Å²) < 4.78 is 2.40. The number of para-hydroxylation sites is 1. The van der Waals surface area contributed by atoms with Crippen molar-refractivity contribution in [2.24, 2.45) is 0 Å². The minimum atomic E-state index is 0.102. The first-order valence-corrected chi connectivity index (χ1v) is 14.8.